The largest absolute Gasteiger partial charge is 0.482 e. The Labute approximate surface area is 215 Å². The highest BCUT2D eigenvalue weighted by atomic mass is 79.9. The SMILES string of the molecule is Cc1cc(C)c(OCC(=O)NC(=S)Nc2ccc(Cc3nc4cc(Cl)ccc4o3)cc2)c(Br)c1. The summed E-state index contributed by atoms with van der Waals surface area (Å²) in [7, 11) is 0. The van der Waals surface area contributed by atoms with Crippen molar-refractivity contribution in [2.75, 3.05) is 11.9 Å². The normalized spacial score (nSPS) is 10.8. The maximum absolute atomic E-state index is 12.3. The van der Waals surface area contributed by atoms with Crippen molar-refractivity contribution in [3.63, 3.8) is 0 Å². The molecule has 0 saturated carbocycles. The van der Waals surface area contributed by atoms with Crippen LogP contribution in [-0.4, -0.2) is 22.6 Å². The summed E-state index contributed by atoms with van der Waals surface area (Å²) in [6.07, 6.45) is 0.541. The predicted octanol–water partition coefficient (Wildman–Crippen LogP) is 6.34. The number of carbonyl (C=O) groups excluding carboxylic acids is 1. The molecule has 1 aromatic heterocycles. The summed E-state index contributed by atoms with van der Waals surface area (Å²) in [4.78, 5) is 16.7. The molecule has 0 bridgehead atoms. The molecule has 2 N–H and O–H groups in total. The first-order valence-corrected chi connectivity index (χ1v) is 12.0. The van der Waals surface area contributed by atoms with Crippen LogP contribution < -0.4 is 15.4 Å². The number of rotatable bonds is 6. The van der Waals surface area contributed by atoms with Gasteiger partial charge in [-0.05, 0) is 95.1 Å². The third kappa shape index (κ3) is 6.14. The van der Waals surface area contributed by atoms with Crippen LogP contribution >= 0.6 is 39.7 Å². The van der Waals surface area contributed by atoms with Gasteiger partial charge in [-0.3, -0.25) is 10.1 Å². The van der Waals surface area contributed by atoms with Gasteiger partial charge < -0.3 is 14.5 Å². The molecule has 0 radical (unpaired) electrons. The Kier molecular flexibility index (Phi) is 7.50. The van der Waals surface area contributed by atoms with Crippen molar-refractivity contribution >= 4 is 67.6 Å². The smallest absolute Gasteiger partial charge is 0.264 e. The van der Waals surface area contributed by atoms with E-state index in [1.807, 2.05) is 56.3 Å². The number of ether oxygens (including phenoxy) is 1. The van der Waals surface area contributed by atoms with E-state index < -0.39 is 0 Å². The molecule has 0 fully saturated rings. The third-order valence-electron chi connectivity index (χ3n) is 4.94. The Balaban J connectivity index is 1.28. The van der Waals surface area contributed by atoms with E-state index in [-0.39, 0.29) is 17.6 Å². The molecule has 174 valence electrons. The Morgan fingerprint density at radius 3 is 2.65 bits per heavy atom. The lowest BCUT2D eigenvalue weighted by Crippen LogP contribution is -2.37. The molecule has 0 aliphatic rings. The van der Waals surface area contributed by atoms with Gasteiger partial charge in [0, 0.05) is 17.1 Å². The van der Waals surface area contributed by atoms with Gasteiger partial charge in [0.25, 0.3) is 5.91 Å². The first-order chi connectivity index (χ1) is 16.3. The fourth-order valence-corrected chi connectivity index (χ4v) is 4.64. The Morgan fingerprint density at radius 2 is 1.91 bits per heavy atom. The minimum Gasteiger partial charge on any atom is -0.482 e. The maximum Gasteiger partial charge on any atom is 0.264 e. The van der Waals surface area contributed by atoms with Crippen LogP contribution in [0.15, 0.2) is 63.5 Å². The third-order valence-corrected chi connectivity index (χ3v) is 5.96. The molecule has 0 spiro atoms. The van der Waals surface area contributed by atoms with Crippen molar-refractivity contribution < 1.29 is 13.9 Å². The van der Waals surface area contributed by atoms with E-state index in [9.17, 15) is 4.79 Å². The number of aryl methyl sites for hydroxylation is 2. The highest BCUT2D eigenvalue weighted by molar-refractivity contribution is 9.10. The summed E-state index contributed by atoms with van der Waals surface area (Å²) in [6, 6.07) is 16.9. The minimum atomic E-state index is -0.350. The van der Waals surface area contributed by atoms with Gasteiger partial charge in [-0.2, -0.15) is 0 Å². The zero-order valence-corrected chi connectivity index (χ0v) is 21.6. The van der Waals surface area contributed by atoms with Crippen LogP contribution in [0.5, 0.6) is 5.75 Å². The number of anilines is 1. The average Bonchev–Trinajstić information content (AvgIpc) is 3.15. The molecular formula is C25H21BrClN3O3S. The molecule has 0 aliphatic heterocycles. The fraction of sp³-hybridized carbons (Fsp3) is 0.160. The fourth-order valence-electron chi connectivity index (χ4n) is 3.45. The molecule has 6 nitrogen and oxygen atoms in total. The number of hydrogen-bond donors (Lipinski definition) is 2. The number of oxazole rings is 1. The Morgan fingerprint density at radius 1 is 1.15 bits per heavy atom. The number of halogens is 2. The summed E-state index contributed by atoms with van der Waals surface area (Å²) < 4.78 is 12.2. The molecule has 4 aromatic rings. The van der Waals surface area contributed by atoms with E-state index in [0.717, 1.165) is 32.4 Å². The number of fused-ring (bicyclic) bond motifs is 1. The van der Waals surface area contributed by atoms with Crippen LogP contribution in [0, 0.1) is 13.8 Å². The van der Waals surface area contributed by atoms with Crippen molar-refractivity contribution in [3.05, 3.63) is 86.7 Å². The van der Waals surface area contributed by atoms with Crippen LogP contribution in [0.3, 0.4) is 0 Å². The van der Waals surface area contributed by atoms with Gasteiger partial charge in [0.1, 0.15) is 11.3 Å². The molecule has 0 saturated heterocycles. The van der Waals surface area contributed by atoms with Crippen LogP contribution in [0.1, 0.15) is 22.6 Å². The van der Waals surface area contributed by atoms with Crippen LogP contribution in [-0.2, 0) is 11.2 Å². The van der Waals surface area contributed by atoms with Gasteiger partial charge in [0.05, 0.1) is 4.47 Å². The quantitative estimate of drug-likeness (QED) is 0.269. The number of aromatic nitrogens is 1. The molecule has 9 heteroatoms. The van der Waals surface area contributed by atoms with Gasteiger partial charge in [-0.1, -0.05) is 29.8 Å². The molecule has 0 atom stereocenters. The lowest BCUT2D eigenvalue weighted by atomic mass is 10.1. The van der Waals surface area contributed by atoms with Crippen LogP contribution in [0.2, 0.25) is 5.02 Å². The summed E-state index contributed by atoms with van der Waals surface area (Å²) >= 11 is 14.7. The lowest BCUT2D eigenvalue weighted by Gasteiger charge is -2.13. The van der Waals surface area contributed by atoms with Gasteiger partial charge in [-0.15, -0.1) is 0 Å². The van der Waals surface area contributed by atoms with Crippen LogP contribution in [0.25, 0.3) is 11.1 Å². The second-order valence-corrected chi connectivity index (χ2v) is 9.48. The second-order valence-electron chi connectivity index (χ2n) is 7.78. The topological polar surface area (TPSA) is 76.4 Å². The van der Waals surface area contributed by atoms with Gasteiger partial charge in [-0.25, -0.2) is 4.98 Å². The van der Waals surface area contributed by atoms with E-state index in [1.54, 1.807) is 12.1 Å². The number of benzene rings is 3. The monoisotopic (exact) mass is 557 g/mol. The van der Waals surface area contributed by atoms with Crippen molar-refractivity contribution in [1.82, 2.24) is 10.3 Å². The van der Waals surface area contributed by atoms with E-state index in [4.69, 9.17) is 33.0 Å². The predicted molar refractivity (Wildman–Crippen MR) is 142 cm³/mol. The number of nitrogens with one attached hydrogen (secondary N) is 2. The summed E-state index contributed by atoms with van der Waals surface area (Å²) in [5, 5.41) is 6.44. The van der Waals surface area contributed by atoms with Crippen LogP contribution in [0.4, 0.5) is 5.69 Å². The zero-order chi connectivity index (χ0) is 24.2. The number of carbonyl (C=O) groups is 1. The van der Waals surface area contributed by atoms with Gasteiger partial charge in [0.2, 0.25) is 0 Å². The molecule has 1 heterocycles. The van der Waals surface area contributed by atoms with Crippen molar-refractivity contribution in [1.29, 1.82) is 0 Å². The zero-order valence-electron chi connectivity index (χ0n) is 18.4. The number of hydrogen-bond acceptors (Lipinski definition) is 5. The summed E-state index contributed by atoms with van der Waals surface area (Å²) in [6.45, 7) is 3.77. The average molecular weight is 559 g/mol. The van der Waals surface area contributed by atoms with Crippen molar-refractivity contribution in [2.45, 2.75) is 20.3 Å². The standard InChI is InChI=1S/C25H21BrClN3O3S/c1-14-9-15(2)24(19(26)10-14)32-13-22(31)30-25(34)28-18-6-3-16(4-7-18)11-23-29-20-12-17(27)5-8-21(20)33-23/h3-10,12H,11,13H2,1-2H3,(H2,28,30,31,34). The van der Waals surface area contributed by atoms with Gasteiger partial charge in [0.15, 0.2) is 23.2 Å². The maximum atomic E-state index is 12.3. The Hall–Kier alpha value is -2.94. The van der Waals surface area contributed by atoms with Gasteiger partial charge >= 0.3 is 0 Å². The molecule has 4 rings (SSSR count). The van der Waals surface area contributed by atoms with E-state index in [0.29, 0.717) is 28.7 Å². The molecule has 3 aromatic carbocycles. The highest BCUT2D eigenvalue weighted by Gasteiger charge is 2.11. The van der Waals surface area contributed by atoms with E-state index >= 15 is 0 Å². The lowest BCUT2D eigenvalue weighted by molar-refractivity contribution is -0.121. The summed E-state index contributed by atoms with van der Waals surface area (Å²) in [5.41, 5.74) is 5.25. The summed E-state index contributed by atoms with van der Waals surface area (Å²) in [5.74, 6) is 0.894. The Bertz CT molecular complexity index is 1350. The number of thiocarbonyl (C=S) groups is 1. The number of amides is 1. The van der Waals surface area contributed by atoms with Crippen molar-refractivity contribution in [2.24, 2.45) is 0 Å². The molecule has 1 amide bonds. The molecular weight excluding hydrogens is 538 g/mol. The highest BCUT2D eigenvalue weighted by Crippen LogP contribution is 2.30. The van der Waals surface area contributed by atoms with Crippen molar-refractivity contribution in [3.8, 4) is 5.75 Å². The molecule has 34 heavy (non-hydrogen) atoms. The van der Waals surface area contributed by atoms with E-state index in [1.165, 1.54) is 0 Å². The number of nitrogens with zero attached hydrogens (tertiary/aromatic N) is 1. The first kappa shape index (κ1) is 24.2. The van der Waals surface area contributed by atoms with E-state index in [2.05, 4.69) is 31.5 Å². The molecule has 0 unspecified atom stereocenters. The molecule has 0 aliphatic carbocycles. The first-order valence-electron chi connectivity index (χ1n) is 10.4. The minimum absolute atomic E-state index is 0.154. The second kappa shape index (κ2) is 10.5.